The predicted molar refractivity (Wildman–Crippen MR) is 288 cm³/mol. The van der Waals surface area contributed by atoms with Crippen LogP contribution in [0.3, 0.4) is 0 Å². The summed E-state index contributed by atoms with van der Waals surface area (Å²) in [4.78, 5) is 0. The fourth-order valence-corrected chi connectivity index (χ4v) is 10.4. The third-order valence-corrected chi connectivity index (χ3v) is 13.7. The molecule has 0 amide bonds. The van der Waals surface area contributed by atoms with E-state index in [-0.39, 0.29) is 0 Å². The first-order valence-electron chi connectivity index (χ1n) is 23.5. The van der Waals surface area contributed by atoms with Gasteiger partial charge in [-0.2, -0.15) is 0 Å². The lowest BCUT2D eigenvalue weighted by molar-refractivity contribution is 0.943. The number of hydrogen-bond donors (Lipinski definition) is 0. The molecule has 0 N–H and O–H groups in total. The van der Waals surface area contributed by atoms with Crippen LogP contribution < -0.4 is 0 Å². The molecule has 16 rings (SSSR count). The van der Waals surface area contributed by atoms with Gasteiger partial charge in [0.05, 0.1) is 0 Å². The molecule has 0 spiro atoms. The molecule has 0 saturated carbocycles. The molecule has 4 heteroatoms. The molecule has 4 aromatic heterocycles. The van der Waals surface area contributed by atoms with Gasteiger partial charge < -0.3 is 18.3 Å². The Bertz CT molecular complexity index is 4130. The van der Waals surface area contributed by atoms with Crippen molar-refractivity contribution in [3.05, 3.63) is 260 Å². The van der Waals surface area contributed by atoms with Gasteiger partial charge in [-0.25, -0.2) is 0 Å². The Morgan fingerprint density at radius 3 is 1.01 bits per heavy atom. The molecule has 0 fully saturated rings. The van der Waals surface area contributed by atoms with Crippen molar-refractivity contribution in [2.45, 2.75) is 12.8 Å². The summed E-state index contributed by atoms with van der Waals surface area (Å²) in [5, 5.41) is 7.23. The van der Waals surface area contributed by atoms with Gasteiger partial charge in [-0.1, -0.05) is 127 Å². The molecule has 4 nitrogen and oxygen atoms in total. The molecule has 0 aliphatic heterocycles. The number of hydrogen-bond acceptors (Lipinski definition) is 0. The highest BCUT2D eigenvalue weighted by molar-refractivity contribution is 5.89. The monoisotopic (exact) mass is 870 g/mol. The lowest BCUT2D eigenvalue weighted by atomic mass is 9.95. The smallest absolute Gasteiger partial charge is 0.0482 e. The number of aryl methyl sites for hydroxylation is 1. The average Bonchev–Trinajstić information content (AvgIpc) is 3.40. The number of aromatic nitrogens is 4. The Hall–Kier alpha value is -8.86. The maximum absolute atomic E-state index is 2.47. The molecule has 15 aromatic rings. The van der Waals surface area contributed by atoms with Gasteiger partial charge in [-0.15, -0.1) is 0 Å². The Kier molecular flexibility index (Phi) is 9.61. The van der Waals surface area contributed by atoms with Crippen LogP contribution in [0.25, 0.3) is 105 Å². The van der Waals surface area contributed by atoms with E-state index >= 15 is 0 Å². The van der Waals surface area contributed by atoms with Crippen molar-refractivity contribution < 1.29 is 0 Å². The first-order valence-corrected chi connectivity index (χ1v) is 23.5. The van der Waals surface area contributed by atoms with Crippen LogP contribution in [-0.2, 0) is 6.42 Å². The summed E-state index contributed by atoms with van der Waals surface area (Å²) in [7, 11) is 0. The van der Waals surface area contributed by atoms with E-state index < -0.39 is 0 Å². The zero-order valence-corrected chi connectivity index (χ0v) is 37.5. The van der Waals surface area contributed by atoms with E-state index in [0.29, 0.717) is 0 Å². The van der Waals surface area contributed by atoms with Crippen molar-refractivity contribution in [3.8, 4) is 17.1 Å². The van der Waals surface area contributed by atoms with Crippen molar-refractivity contribution in [3.63, 3.8) is 0 Å². The zero-order valence-electron chi connectivity index (χ0n) is 37.5. The molecule has 0 atom stereocenters. The summed E-state index contributed by atoms with van der Waals surface area (Å²) < 4.78 is 9.65. The highest BCUT2D eigenvalue weighted by Gasteiger charge is 2.14. The van der Waals surface area contributed by atoms with Crippen LogP contribution >= 0.6 is 0 Å². The molecule has 0 unspecified atom stereocenters. The van der Waals surface area contributed by atoms with E-state index in [1.54, 1.807) is 0 Å². The van der Waals surface area contributed by atoms with E-state index in [9.17, 15) is 0 Å². The molecule has 0 radical (unpaired) electrons. The van der Waals surface area contributed by atoms with Gasteiger partial charge in [0.15, 0.2) is 0 Å². The fourth-order valence-electron chi connectivity index (χ4n) is 10.4. The Labute approximate surface area is 394 Å². The SMILES string of the molecule is C1=C(n2c3ccc(cc3)n(-c3ccc4ccccc4c3)c3cccc(c3)n(-c3ccc4ccccc4c3)c3ccc(cc3)n(-c3ccc4ccccc4c3)c3cccc2c3)CCc2ccccc21. The van der Waals surface area contributed by atoms with E-state index in [0.717, 1.165) is 74.0 Å². The molecule has 8 bridgehead atoms. The van der Waals surface area contributed by atoms with Gasteiger partial charge in [0.2, 0.25) is 0 Å². The summed E-state index contributed by atoms with van der Waals surface area (Å²) in [6, 6.07) is 91.3. The third-order valence-electron chi connectivity index (χ3n) is 13.7. The fraction of sp³-hybridized carbons (Fsp3) is 0.0312. The molecule has 11 aromatic carbocycles. The van der Waals surface area contributed by atoms with Crippen LogP contribution in [0.15, 0.2) is 249 Å². The van der Waals surface area contributed by atoms with Crippen LogP contribution in [-0.4, -0.2) is 18.3 Å². The minimum Gasteiger partial charge on any atom is -0.314 e. The van der Waals surface area contributed by atoms with Crippen molar-refractivity contribution in [2.75, 3.05) is 0 Å². The third kappa shape index (κ3) is 7.11. The molecule has 4 heterocycles. The molecule has 1 aliphatic rings. The van der Waals surface area contributed by atoms with E-state index in [1.807, 2.05) is 0 Å². The summed E-state index contributed by atoms with van der Waals surface area (Å²) >= 11 is 0. The van der Waals surface area contributed by atoms with Gasteiger partial charge >= 0.3 is 0 Å². The summed E-state index contributed by atoms with van der Waals surface area (Å²) in [5.74, 6) is 0. The second kappa shape index (κ2) is 16.5. The minimum absolute atomic E-state index is 0.919. The van der Waals surface area contributed by atoms with E-state index in [2.05, 4.69) is 273 Å². The molecule has 0 saturated heterocycles. The molecule has 1 aliphatic carbocycles. The second-order valence-electron chi connectivity index (χ2n) is 17.8. The molecule has 68 heavy (non-hydrogen) atoms. The summed E-state index contributed by atoms with van der Waals surface area (Å²) in [6.45, 7) is 0. The Morgan fingerprint density at radius 1 is 0.235 bits per heavy atom. The van der Waals surface area contributed by atoms with Crippen molar-refractivity contribution in [1.82, 2.24) is 18.3 Å². The number of nitrogens with zero attached hydrogens (tertiary/aromatic N) is 4. The zero-order chi connectivity index (χ0) is 45.0. The molecule has 322 valence electrons. The quantitative estimate of drug-likeness (QED) is 0.168. The maximum Gasteiger partial charge on any atom is 0.0482 e. The lowest BCUT2D eigenvalue weighted by Gasteiger charge is -2.21. The van der Waals surface area contributed by atoms with Crippen LogP contribution in [0.5, 0.6) is 0 Å². The number of rotatable bonds is 4. The largest absolute Gasteiger partial charge is 0.314 e. The van der Waals surface area contributed by atoms with E-state index in [4.69, 9.17) is 0 Å². The van der Waals surface area contributed by atoms with Crippen molar-refractivity contribution in [2.24, 2.45) is 0 Å². The van der Waals surface area contributed by atoms with Crippen LogP contribution in [0.1, 0.15) is 17.5 Å². The Balaban J connectivity index is 1.18. The minimum atomic E-state index is 0.919. The average molecular weight is 871 g/mol. The summed E-state index contributed by atoms with van der Waals surface area (Å²) in [6.07, 6.45) is 4.29. The number of allylic oxidation sites excluding steroid dienone is 1. The van der Waals surface area contributed by atoms with Crippen molar-refractivity contribution in [1.29, 1.82) is 0 Å². The Morgan fingerprint density at radius 2 is 0.588 bits per heavy atom. The molecular formula is C64H46N4. The maximum atomic E-state index is 2.47. The predicted octanol–water partition coefficient (Wildman–Crippen LogP) is 16.7. The molecular weight excluding hydrogens is 825 g/mol. The number of fused-ring (bicyclic) bond motifs is 4. The summed E-state index contributed by atoms with van der Waals surface area (Å²) in [5.41, 5.74) is 15.8. The van der Waals surface area contributed by atoms with Crippen molar-refractivity contribution >= 4 is 88.2 Å². The lowest BCUT2D eigenvalue weighted by Crippen LogP contribution is -2.06. The van der Waals surface area contributed by atoms with Gasteiger partial charge in [0.1, 0.15) is 0 Å². The standard InChI is InChI=1S/C64H46N4/c1-5-15-49-39-61(27-23-45(49)11-1)65-53-31-33-54(34-32-53)67(63-29-25-47-13-3-7-17-51(47)41-63)59-21-10-22-60(44-59)68(64-30-26-48-14-4-8-18-52(48)42-64)56-37-35-55(36-38-56)66(58-20-9-19-57(65)43-58)62-28-24-46-12-2-6-16-50(46)40-62/h1-25,27-29,31-44H,26,30H2. The first-order chi connectivity index (χ1) is 33.7. The van der Waals surface area contributed by atoms with Crippen LogP contribution in [0.4, 0.5) is 0 Å². The van der Waals surface area contributed by atoms with E-state index in [1.165, 1.54) is 49.1 Å². The normalized spacial score (nSPS) is 12.4. The van der Waals surface area contributed by atoms with Gasteiger partial charge in [0, 0.05) is 66.9 Å². The highest BCUT2D eigenvalue weighted by atomic mass is 15.0. The van der Waals surface area contributed by atoms with Crippen LogP contribution in [0, 0.1) is 0 Å². The van der Waals surface area contributed by atoms with Gasteiger partial charge in [-0.3, -0.25) is 0 Å². The van der Waals surface area contributed by atoms with Gasteiger partial charge in [0.25, 0.3) is 0 Å². The topological polar surface area (TPSA) is 19.7 Å². The second-order valence-corrected chi connectivity index (χ2v) is 17.8. The highest BCUT2D eigenvalue weighted by Crippen LogP contribution is 2.32. The first kappa shape index (κ1) is 39.5. The van der Waals surface area contributed by atoms with Crippen LogP contribution in [0.2, 0.25) is 0 Å². The van der Waals surface area contributed by atoms with Gasteiger partial charge in [-0.05, 0) is 184 Å². The number of benzene rings is 11.